The van der Waals surface area contributed by atoms with Crippen LogP contribution in [0.1, 0.15) is 10.4 Å². The Balaban J connectivity index is 1.48. The number of ether oxygens (including phenoxy) is 1. The summed E-state index contributed by atoms with van der Waals surface area (Å²) in [5.74, 6) is -0.0619. The van der Waals surface area contributed by atoms with Crippen molar-refractivity contribution in [1.29, 1.82) is 0 Å². The van der Waals surface area contributed by atoms with Crippen molar-refractivity contribution >= 4 is 29.4 Å². The second-order valence-corrected chi connectivity index (χ2v) is 7.14. The lowest BCUT2D eigenvalue weighted by atomic mass is 10.2. The van der Waals surface area contributed by atoms with Gasteiger partial charge in [0.25, 0.3) is 5.91 Å². The number of hydrogen-bond donors (Lipinski definition) is 1. The molecule has 2 aromatic rings. The van der Waals surface area contributed by atoms with Gasteiger partial charge in [-0.25, -0.2) is 0 Å². The summed E-state index contributed by atoms with van der Waals surface area (Å²) in [5, 5.41) is 3.41. The molecule has 1 aromatic heterocycles. The minimum atomic E-state index is -0.0619. The molecule has 4 rings (SSSR count). The van der Waals surface area contributed by atoms with Gasteiger partial charge in [0.15, 0.2) is 0 Å². The van der Waals surface area contributed by atoms with Gasteiger partial charge < -0.3 is 24.8 Å². The molecule has 2 fully saturated rings. The van der Waals surface area contributed by atoms with E-state index in [0.717, 1.165) is 49.8 Å². The first-order chi connectivity index (χ1) is 14.2. The molecule has 1 N–H and O–H groups in total. The number of piperazine rings is 1. The maximum Gasteiger partial charge on any atom is 0.255 e. The standard InChI is InChI=1S/C21H25N5O3/c27-16-24-5-7-26(8-6-24)21(28)17-13-18(15-22-14-17)23-19-3-1-2-4-20(19)25-9-11-29-12-10-25/h1-4,13-16,23H,5-12H2. The smallest absolute Gasteiger partial charge is 0.255 e. The lowest BCUT2D eigenvalue weighted by Crippen LogP contribution is -2.48. The average Bonchev–Trinajstić information content (AvgIpc) is 2.80. The molecule has 2 aliphatic rings. The Bertz CT molecular complexity index is 861. The number of para-hydroxylation sites is 2. The van der Waals surface area contributed by atoms with Crippen LogP contribution in [0.25, 0.3) is 0 Å². The summed E-state index contributed by atoms with van der Waals surface area (Å²) in [5.41, 5.74) is 3.39. The molecule has 8 nitrogen and oxygen atoms in total. The number of pyridine rings is 1. The molecular weight excluding hydrogens is 370 g/mol. The molecule has 2 aliphatic heterocycles. The Kier molecular flexibility index (Phi) is 5.90. The molecule has 3 heterocycles. The molecule has 0 bridgehead atoms. The third-order valence-corrected chi connectivity index (χ3v) is 5.27. The second kappa shape index (κ2) is 8.91. The number of nitrogens with zero attached hydrogens (tertiary/aromatic N) is 4. The van der Waals surface area contributed by atoms with E-state index in [9.17, 15) is 9.59 Å². The number of nitrogens with one attached hydrogen (secondary N) is 1. The number of aromatic nitrogens is 1. The van der Waals surface area contributed by atoms with Crippen molar-refractivity contribution < 1.29 is 14.3 Å². The van der Waals surface area contributed by atoms with Gasteiger partial charge in [-0.2, -0.15) is 0 Å². The summed E-state index contributed by atoms with van der Waals surface area (Å²) in [6.07, 6.45) is 4.14. The highest BCUT2D eigenvalue weighted by atomic mass is 16.5. The molecular formula is C21H25N5O3. The first kappa shape index (κ1) is 19.2. The predicted octanol–water partition coefficient (Wildman–Crippen LogP) is 1.58. The summed E-state index contributed by atoms with van der Waals surface area (Å²) in [7, 11) is 0. The SMILES string of the molecule is O=CN1CCN(C(=O)c2cncc(Nc3ccccc3N3CCOCC3)c2)CC1. The van der Waals surface area contributed by atoms with Crippen LogP contribution in [0.3, 0.4) is 0 Å². The quantitative estimate of drug-likeness (QED) is 0.775. The van der Waals surface area contributed by atoms with Crippen LogP contribution >= 0.6 is 0 Å². The van der Waals surface area contributed by atoms with Crippen LogP contribution in [-0.2, 0) is 9.53 Å². The van der Waals surface area contributed by atoms with Gasteiger partial charge in [0.2, 0.25) is 6.41 Å². The number of amides is 2. The number of morpholine rings is 1. The third kappa shape index (κ3) is 4.48. The zero-order valence-corrected chi connectivity index (χ0v) is 16.3. The first-order valence-corrected chi connectivity index (χ1v) is 9.87. The summed E-state index contributed by atoms with van der Waals surface area (Å²) in [6.45, 7) is 5.34. The lowest BCUT2D eigenvalue weighted by molar-refractivity contribution is -0.119. The summed E-state index contributed by atoms with van der Waals surface area (Å²) in [6, 6.07) is 9.95. The van der Waals surface area contributed by atoms with Gasteiger partial charge in [-0.1, -0.05) is 12.1 Å². The van der Waals surface area contributed by atoms with E-state index in [4.69, 9.17) is 4.74 Å². The molecule has 2 saturated heterocycles. The minimum absolute atomic E-state index is 0.0619. The number of benzene rings is 1. The number of rotatable bonds is 5. The van der Waals surface area contributed by atoms with E-state index in [1.165, 1.54) is 0 Å². The van der Waals surface area contributed by atoms with Crippen molar-refractivity contribution in [3.05, 3.63) is 48.3 Å². The lowest BCUT2D eigenvalue weighted by Gasteiger charge is -2.32. The number of hydrogen-bond acceptors (Lipinski definition) is 6. The minimum Gasteiger partial charge on any atom is -0.378 e. The number of anilines is 3. The second-order valence-electron chi connectivity index (χ2n) is 7.14. The maximum atomic E-state index is 12.8. The molecule has 0 atom stereocenters. The highest BCUT2D eigenvalue weighted by Gasteiger charge is 2.22. The van der Waals surface area contributed by atoms with E-state index >= 15 is 0 Å². The summed E-state index contributed by atoms with van der Waals surface area (Å²) < 4.78 is 5.46. The van der Waals surface area contributed by atoms with Gasteiger partial charge in [0.05, 0.1) is 42.0 Å². The van der Waals surface area contributed by atoms with Crippen LogP contribution in [-0.4, -0.2) is 79.6 Å². The first-order valence-electron chi connectivity index (χ1n) is 9.87. The Hall–Kier alpha value is -3.13. The Morgan fingerprint density at radius 1 is 1.03 bits per heavy atom. The van der Waals surface area contributed by atoms with Crippen LogP contribution in [0.15, 0.2) is 42.7 Å². The molecule has 1 aromatic carbocycles. The zero-order chi connectivity index (χ0) is 20.1. The van der Waals surface area contributed by atoms with Gasteiger partial charge in [0.1, 0.15) is 0 Å². The van der Waals surface area contributed by atoms with Gasteiger partial charge >= 0.3 is 0 Å². The average molecular weight is 395 g/mol. The van der Waals surface area contributed by atoms with Crippen LogP contribution in [0.2, 0.25) is 0 Å². The largest absolute Gasteiger partial charge is 0.378 e. The Morgan fingerprint density at radius 3 is 2.55 bits per heavy atom. The number of carbonyl (C=O) groups excluding carboxylic acids is 2. The van der Waals surface area contributed by atoms with Crippen LogP contribution in [0, 0.1) is 0 Å². The number of carbonyl (C=O) groups is 2. The third-order valence-electron chi connectivity index (χ3n) is 5.27. The fourth-order valence-electron chi connectivity index (χ4n) is 3.65. The van der Waals surface area contributed by atoms with Gasteiger partial charge in [-0.3, -0.25) is 14.6 Å². The van der Waals surface area contributed by atoms with E-state index < -0.39 is 0 Å². The van der Waals surface area contributed by atoms with Crippen LogP contribution in [0.4, 0.5) is 17.1 Å². The van der Waals surface area contributed by atoms with Gasteiger partial charge in [-0.15, -0.1) is 0 Å². The van der Waals surface area contributed by atoms with E-state index in [-0.39, 0.29) is 5.91 Å². The fourth-order valence-corrected chi connectivity index (χ4v) is 3.65. The van der Waals surface area contributed by atoms with Crippen molar-refractivity contribution in [2.45, 2.75) is 0 Å². The molecule has 2 amide bonds. The van der Waals surface area contributed by atoms with Gasteiger partial charge in [0, 0.05) is 45.5 Å². The maximum absolute atomic E-state index is 12.8. The highest BCUT2D eigenvalue weighted by molar-refractivity contribution is 5.95. The van der Waals surface area contributed by atoms with Gasteiger partial charge in [-0.05, 0) is 18.2 Å². The van der Waals surface area contributed by atoms with E-state index in [2.05, 4.69) is 21.3 Å². The van der Waals surface area contributed by atoms with E-state index in [1.54, 1.807) is 22.2 Å². The molecule has 29 heavy (non-hydrogen) atoms. The molecule has 0 saturated carbocycles. The normalized spacial score (nSPS) is 17.2. The van der Waals surface area contributed by atoms with Crippen molar-refractivity contribution in [2.24, 2.45) is 0 Å². The molecule has 0 radical (unpaired) electrons. The Labute approximate surface area is 170 Å². The molecule has 0 unspecified atom stereocenters. The Morgan fingerprint density at radius 2 is 1.79 bits per heavy atom. The van der Waals surface area contributed by atoms with Crippen molar-refractivity contribution in [2.75, 3.05) is 62.7 Å². The fraction of sp³-hybridized carbons (Fsp3) is 0.381. The van der Waals surface area contributed by atoms with E-state index in [1.807, 2.05) is 24.3 Å². The van der Waals surface area contributed by atoms with Crippen molar-refractivity contribution in [3.8, 4) is 0 Å². The summed E-state index contributed by atoms with van der Waals surface area (Å²) in [4.78, 5) is 33.7. The topological polar surface area (TPSA) is 78.0 Å². The van der Waals surface area contributed by atoms with Crippen molar-refractivity contribution in [3.63, 3.8) is 0 Å². The molecule has 0 aliphatic carbocycles. The van der Waals surface area contributed by atoms with Crippen LogP contribution in [0.5, 0.6) is 0 Å². The zero-order valence-electron chi connectivity index (χ0n) is 16.3. The summed E-state index contributed by atoms with van der Waals surface area (Å²) >= 11 is 0. The molecule has 8 heteroatoms. The predicted molar refractivity (Wildman–Crippen MR) is 111 cm³/mol. The highest BCUT2D eigenvalue weighted by Crippen LogP contribution is 2.29. The molecule has 0 spiro atoms. The van der Waals surface area contributed by atoms with Crippen molar-refractivity contribution in [1.82, 2.24) is 14.8 Å². The van der Waals surface area contributed by atoms with E-state index in [0.29, 0.717) is 31.7 Å². The monoisotopic (exact) mass is 395 g/mol. The van der Waals surface area contributed by atoms with Crippen LogP contribution < -0.4 is 10.2 Å². The molecule has 152 valence electrons.